The van der Waals surface area contributed by atoms with E-state index < -0.39 is 12.0 Å². The lowest BCUT2D eigenvalue weighted by Gasteiger charge is -2.22. The fraction of sp³-hybridized carbons (Fsp3) is 0.500. The lowest BCUT2D eigenvalue weighted by molar-refractivity contribution is -0.0952. The van der Waals surface area contributed by atoms with E-state index in [2.05, 4.69) is 13.2 Å². The highest BCUT2D eigenvalue weighted by molar-refractivity contribution is 5.01. The first-order valence-corrected chi connectivity index (χ1v) is 3.35. The summed E-state index contributed by atoms with van der Waals surface area (Å²) in [5.41, 5.74) is 0. The Kier molecular flexibility index (Phi) is 3.97. The van der Waals surface area contributed by atoms with Crippen LogP contribution in [-0.4, -0.2) is 17.1 Å². The average molecular weight is 162 g/mol. The third-order valence-corrected chi connectivity index (χ3v) is 1.40. The zero-order valence-corrected chi connectivity index (χ0v) is 6.26. The lowest BCUT2D eigenvalue weighted by atomic mass is 10.0. The van der Waals surface area contributed by atoms with E-state index in [1.54, 1.807) is 6.08 Å². The van der Waals surface area contributed by atoms with Gasteiger partial charge < -0.3 is 5.11 Å². The summed E-state index contributed by atoms with van der Waals surface area (Å²) in [7, 11) is 0. The number of allylic oxidation sites excluding steroid dienone is 1. The fourth-order valence-corrected chi connectivity index (χ4v) is 0.790. The first kappa shape index (κ1) is 10.3. The van der Waals surface area contributed by atoms with Crippen molar-refractivity contribution >= 4 is 0 Å². The van der Waals surface area contributed by atoms with Crippen molar-refractivity contribution in [3.05, 3.63) is 25.3 Å². The summed E-state index contributed by atoms with van der Waals surface area (Å²) in [6.45, 7) is 6.00. The van der Waals surface area contributed by atoms with Crippen LogP contribution < -0.4 is 0 Å². The number of aliphatic hydroxyl groups excluding tert-OH is 1. The van der Waals surface area contributed by atoms with Gasteiger partial charge in [0.05, 0.1) is 0 Å². The average Bonchev–Trinajstić information content (AvgIpc) is 2.00. The topological polar surface area (TPSA) is 20.2 Å². The van der Waals surface area contributed by atoms with Crippen molar-refractivity contribution < 1.29 is 13.9 Å². The van der Waals surface area contributed by atoms with Crippen LogP contribution in [0.15, 0.2) is 25.3 Å². The maximum absolute atomic E-state index is 12.3. The molecule has 1 aliphatic carbocycles. The second kappa shape index (κ2) is 4.23. The zero-order valence-electron chi connectivity index (χ0n) is 6.26. The molecular weight excluding hydrogens is 150 g/mol. The maximum Gasteiger partial charge on any atom is 0.277 e. The van der Waals surface area contributed by atoms with Gasteiger partial charge in [-0.1, -0.05) is 12.2 Å². The maximum atomic E-state index is 12.3. The summed E-state index contributed by atoms with van der Waals surface area (Å²) < 4.78 is 24.6. The minimum Gasteiger partial charge on any atom is -0.383 e. The Hall–Kier alpha value is -0.700. The molecule has 0 spiro atoms. The van der Waals surface area contributed by atoms with Gasteiger partial charge in [-0.25, -0.2) is 8.78 Å². The molecule has 0 saturated heterocycles. The monoisotopic (exact) mass is 162 g/mol. The van der Waals surface area contributed by atoms with Gasteiger partial charge in [-0.3, -0.25) is 0 Å². The van der Waals surface area contributed by atoms with Crippen molar-refractivity contribution in [2.24, 2.45) is 0 Å². The number of rotatable bonds is 0. The van der Waals surface area contributed by atoms with Crippen LogP contribution in [0, 0.1) is 0 Å². The van der Waals surface area contributed by atoms with Crippen LogP contribution >= 0.6 is 0 Å². The number of hydrogen-bond donors (Lipinski definition) is 1. The van der Waals surface area contributed by atoms with Gasteiger partial charge in [0.15, 0.2) is 0 Å². The molecule has 11 heavy (non-hydrogen) atoms. The molecule has 0 heterocycles. The first-order chi connectivity index (χ1) is 5.13. The van der Waals surface area contributed by atoms with Crippen molar-refractivity contribution in [1.29, 1.82) is 0 Å². The second-order valence-corrected chi connectivity index (χ2v) is 2.17. The predicted octanol–water partition coefficient (Wildman–Crippen LogP) is 2.13. The third kappa shape index (κ3) is 2.80. The second-order valence-electron chi connectivity index (χ2n) is 2.17. The quantitative estimate of drug-likeness (QED) is 0.541. The Balaban J connectivity index is 0.000000461. The van der Waals surface area contributed by atoms with Gasteiger partial charge in [-0.2, -0.15) is 0 Å². The Morgan fingerprint density at radius 1 is 1.45 bits per heavy atom. The number of alkyl halides is 2. The fourth-order valence-electron chi connectivity index (χ4n) is 0.790. The molecule has 0 aromatic rings. The van der Waals surface area contributed by atoms with Crippen molar-refractivity contribution in [2.45, 2.75) is 24.9 Å². The minimum absolute atomic E-state index is 0.231. The Morgan fingerprint density at radius 2 is 2.00 bits per heavy atom. The number of halogens is 2. The first-order valence-electron chi connectivity index (χ1n) is 3.35. The Labute approximate surface area is 65.0 Å². The SMILES string of the molecule is C=C.OC1C=CCCC1(F)F. The summed E-state index contributed by atoms with van der Waals surface area (Å²) >= 11 is 0. The van der Waals surface area contributed by atoms with Crippen molar-refractivity contribution in [2.75, 3.05) is 0 Å². The van der Waals surface area contributed by atoms with Gasteiger partial charge in [0, 0.05) is 6.42 Å². The van der Waals surface area contributed by atoms with Crippen molar-refractivity contribution in [1.82, 2.24) is 0 Å². The molecule has 0 aliphatic heterocycles. The molecule has 64 valence electrons. The molecule has 0 saturated carbocycles. The third-order valence-electron chi connectivity index (χ3n) is 1.40. The molecule has 1 N–H and O–H groups in total. The Bertz CT molecular complexity index is 143. The zero-order chi connectivity index (χ0) is 8.91. The molecule has 0 aromatic heterocycles. The Morgan fingerprint density at radius 3 is 2.27 bits per heavy atom. The van der Waals surface area contributed by atoms with Crippen LogP contribution in [0.2, 0.25) is 0 Å². The van der Waals surface area contributed by atoms with Crippen molar-refractivity contribution in [3.63, 3.8) is 0 Å². The molecule has 3 heteroatoms. The molecule has 1 aliphatic rings. The van der Waals surface area contributed by atoms with Crippen LogP contribution in [0.1, 0.15) is 12.8 Å². The van der Waals surface area contributed by atoms with E-state index in [1.807, 2.05) is 0 Å². The molecule has 0 aromatic carbocycles. The smallest absolute Gasteiger partial charge is 0.277 e. The van der Waals surface area contributed by atoms with E-state index in [0.717, 1.165) is 6.08 Å². The van der Waals surface area contributed by atoms with Crippen LogP contribution in [0.25, 0.3) is 0 Å². The van der Waals surface area contributed by atoms with Gasteiger partial charge in [0.25, 0.3) is 5.92 Å². The van der Waals surface area contributed by atoms with Gasteiger partial charge in [0.1, 0.15) is 6.10 Å². The molecule has 1 nitrogen and oxygen atoms in total. The van der Waals surface area contributed by atoms with Crippen molar-refractivity contribution in [3.8, 4) is 0 Å². The summed E-state index contributed by atoms with van der Waals surface area (Å²) in [6, 6.07) is 0. The van der Waals surface area contributed by atoms with Gasteiger partial charge in [-0.05, 0) is 6.42 Å². The van der Waals surface area contributed by atoms with E-state index in [4.69, 9.17) is 5.11 Å². The van der Waals surface area contributed by atoms with Gasteiger partial charge >= 0.3 is 0 Å². The lowest BCUT2D eigenvalue weighted by Crippen LogP contribution is -2.33. The molecule has 1 atom stereocenters. The summed E-state index contributed by atoms with van der Waals surface area (Å²) in [5, 5.41) is 8.60. The van der Waals surface area contributed by atoms with Gasteiger partial charge in [0.2, 0.25) is 0 Å². The summed E-state index contributed by atoms with van der Waals surface area (Å²) in [5.74, 6) is -2.89. The molecule has 0 amide bonds. The molecule has 0 radical (unpaired) electrons. The highest BCUT2D eigenvalue weighted by atomic mass is 19.3. The van der Waals surface area contributed by atoms with E-state index >= 15 is 0 Å². The van der Waals surface area contributed by atoms with Crippen LogP contribution in [0.3, 0.4) is 0 Å². The van der Waals surface area contributed by atoms with E-state index in [-0.39, 0.29) is 6.42 Å². The molecular formula is C8H12F2O. The van der Waals surface area contributed by atoms with Crippen LogP contribution in [-0.2, 0) is 0 Å². The summed E-state index contributed by atoms with van der Waals surface area (Å²) in [4.78, 5) is 0. The van der Waals surface area contributed by atoms with E-state index in [9.17, 15) is 8.78 Å². The standard InChI is InChI=1S/C6H8F2O.C2H4/c7-6(8)4-2-1-3-5(6)9;1-2/h1,3,5,9H,2,4H2;1-2H2. The number of hydrogen-bond acceptors (Lipinski definition) is 1. The predicted molar refractivity (Wildman–Crippen MR) is 40.6 cm³/mol. The summed E-state index contributed by atoms with van der Waals surface area (Å²) in [6.07, 6.45) is 1.28. The molecule has 1 unspecified atom stereocenters. The molecule has 0 bridgehead atoms. The van der Waals surface area contributed by atoms with E-state index in [1.165, 1.54) is 0 Å². The van der Waals surface area contributed by atoms with E-state index in [0.29, 0.717) is 6.42 Å². The largest absolute Gasteiger partial charge is 0.383 e. The van der Waals surface area contributed by atoms with Crippen LogP contribution in [0.4, 0.5) is 8.78 Å². The molecule has 0 fully saturated rings. The van der Waals surface area contributed by atoms with Gasteiger partial charge in [-0.15, -0.1) is 13.2 Å². The van der Waals surface area contributed by atoms with Crippen LogP contribution in [0.5, 0.6) is 0 Å². The molecule has 1 rings (SSSR count). The highest BCUT2D eigenvalue weighted by Gasteiger charge is 2.37. The normalized spacial score (nSPS) is 27.0. The number of aliphatic hydroxyl groups is 1. The highest BCUT2D eigenvalue weighted by Crippen LogP contribution is 2.28. The minimum atomic E-state index is -2.89.